The van der Waals surface area contributed by atoms with Crippen LogP contribution >= 0.6 is 15.9 Å². The van der Waals surface area contributed by atoms with Crippen LogP contribution in [0.5, 0.6) is 0 Å². The van der Waals surface area contributed by atoms with Gasteiger partial charge in [-0.25, -0.2) is 0 Å². The normalized spacial score (nSPS) is 12.4. The maximum atomic E-state index is 10.1. The van der Waals surface area contributed by atoms with E-state index in [0.29, 0.717) is 6.54 Å². The number of aliphatic hydroxyl groups is 1. The van der Waals surface area contributed by atoms with Crippen molar-refractivity contribution < 1.29 is 5.11 Å². The number of rotatable bonds is 5. The minimum atomic E-state index is -0.484. The first-order valence-corrected chi connectivity index (χ1v) is 7.14. The Bertz CT molecular complexity index is 542. The second-order valence-corrected chi connectivity index (χ2v) is 5.61. The van der Waals surface area contributed by atoms with E-state index in [9.17, 15) is 5.11 Å². The van der Waals surface area contributed by atoms with Gasteiger partial charge in [0, 0.05) is 17.6 Å². The lowest BCUT2D eigenvalue weighted by Gasteiger charge is -2.13. The molecule has 0 spiro atoms. The molecule has 2 N–H and O–H groups in total. The Balaban J connectivity index is 1.85. The lowest BCUT2D eigenvalue weighted by molar-refractivity contribution is 0.174. The van der Waals surface area contributed by atoms with Crippen molar-refractivity contribution >= 4 is 15.9 Å². The van der Waals surface area contributed by atoms with E-state index in [2.05, 4.69) is 52.4 Å². The smallest absolute Gasteiger partial charge is 0.0914 e. The van der Waals surface area contributed by atoms with Gasteiger partial charge in [-0.05, 0) is 30.2 Å². The van der Waals surface area contributed by atoms with Crippen LogP contribution in [0.3, 0.4) is 0 Å². The predicted octanol–water partition coefficient (Wildman–Crippen LogP) is 3.58. The third kappa shape index (κ3) is 4.46. The molecule has 2 rings (SSSR count). The molecule has 1 unspecified atom stereocenters. The van der Waals surface area contributed by atoms with Gasteiger partial charge < -0.3 is 10.4 Å². The first kappa shape index (κ1) is 14.3. The number of aryl methyl sites for hydroxylation is 1. The van der Waals surface area contributed by atoms with E-state index < -0.39 is 6.10 Å². The number of halogens is 1. The number of nitrogens with one attached hydrogen (secondary N) is 1. The summed E-state index contributed by atoms with van der Waals surface area (Å²) in [5.74, 6) is 0. The molecular formula is C16H18BrNO. The number of aliphatic hydroxyl groups excluding tert-OH is 1. The van der Waals surface area contributed by atoms with Crippen LogP contribution in [-0.4, -0.2) is 11.7 Å². The third-order valence-electron chi connectivity index (χ3n) is 2.98. The fraction of sp³-hybridized carbons (Fsp3) is 0.250. The van der Waals surface area contributed by atoms with E-state index in [1.165, 1.54) is 11.1 Å². The quantitative estimate of drug-likeness (QED) is 0.882. The van der Waals surface area contributed by atoms with Gasteiger partial charge >= 0.3 is 0 Å². The van der Waals surface area contributed by atoms with Crippen molar-refractivity contribution in [1.29, 1.82) is 0 Å². The summed E-state index contributed by atoms with van der Waals surface area (Å²) in [6.07, 6.45) is -0.484. The lowest BCUT2D eigenvalue weighted by atomic mass is 10.1. The van der Waals surface area contributed by atoms with Gasteiger partial charge in [0.1, 0.15) is 0 Å². The van der Waals surface area contributed by atoms with E-state index in [-0.39, 0.29) is 0 Å². The molecule has 0 radical (unpaired) electrons. The molecule has 0 fully saturated rings. The average Bonchev–Trinajstić information content (AvgIpc) is 2.38. The molecule has 1 atom stereocenters. The summed E-state index contributed by atoms with van der Waals surface area (Å²) in [7, 11) is 0. The predicted molar refractivity (Wildman–Crippen MR) is 82.0 cm³/mol. The molecule has 2 aromatic carbocycles. The monoisotopic (exact) mass is 319 g/mol. The zero-order chi connectivity index (χ0) is 13.7. The van der Waals surface area contributed by atoms with E-state index in [4.69, 9.17) is 0 Å². The summed E-state index contributed by atoms with van der Waals surface area (Å²) in [4.78, 5) is 0. The van der Waals surface area contributed by atoms with E-state index >= 15 is 0 Å². The SMILES string of the molecule is Cc1cccc(CNCC(O)c2cccc(Br)c2)c1. The molecular weight excluding hydrogens is 302 g/mol. The Morgan fingerprint density at radius 2 is 1.95 bits per heavy atom. The van der Waals surface area contributed by atoms with Crippen LogP contribution in [0.2, 0.25) is 0 Å². The van der Waals surface area contributed by atoms with Gasteiger partial charge in [-0.2, -0.15) is 0 Å². The number of hydrogen-bond acceptors (Lipinski definition) is 2. The second kappa shape index (κ2) is 6.85. The fourth-order valence-corrected chi connectivity index (χ4v) is 2.42. The zero-order valence-corrected chi connectivity index (χ0v) is 12.5. The van der Waals surface area contributed by atoms with Gasteiger partial charge in [-0.15, -0.1) is 0 Å². The van der Waals surface area contributed by atoms with Gasteiger partial charge in [0.05, 0.1) is 6.10 Å². The molecule has 3 heteroatoms. The largest absolute Gasteiger partial charge is 0.387 e. The zero-order valence-electron chi connectivity index (χ0n) is 10.9. The molecule has 2 nitrogen and oxygen atoms in total. The van der Waals surface area contributed by atoms with Crippen molar-refractivity contribution in [2.75, 3.05) is 6.54 Å². The van der Waals surface area contributed by atoms with E-state index in [1.807, 2.05) is 24.3 Å². The van der Waals surface area contributed by atoms with Crippen molar-refractivity contribution in [2.24, 2.45) is 0 Å². The van der Waals surface area contributed by atoms with Crippen molar-refractivity contribution in [1.82, 2.24) is 5.32 Å². The third-order valence-corrected chi connectivity index (χ3v) is 3.48. The molecule has 100 valence electrons. The van der Waals surface area contributed by atoms with Gasteiger partial charge in [0.2, 0.25) is 0 Å². The van der Waals surface area contributed by atoms with E-state index in [0.717, 1.165) is 16.6 Å². The molecule has 0 amide bonds. The molecule has 0 saturated carbocycles. The molecule has 0 aliphatic heterocycles. The molecule has 0 saturated heterocycles. The molecule has 0 heterocycles. The van der Waals surface area contributed by atoms with E-state index in [1.54, 1.807) is 0 Å². The highest BCUT2D eigenvalue weighted by Crippen LogP contribution is 2.17. The van der Waals surface area contributed by atoms with Crippen molar-refractivity contribution in [2.45, 2.75) is 19.6 Å². The summed E-state index contributed by atoms with van der Waals surface area (Å²) in [5.41, 5.74) is 3.42. The minimum Gasteiger partial charge on any atom is -0.387 e. The maximum Gasteiger partial charge on any atom is 0.0914 e. The van der Waals surface area contributed by atoms with Crippen LogP contribution in [0, 0.1) is 6.92 Å². The summed E-state index contributed by atoms with van der Waals surface area (Å²) >= 11 is 3.41. The van der Waals surface area contributed by atoms with Crippen molar-refractivity contribution in [3.8, 4) is 0 Å². The van der Waals surface area contributed by atoms with Crippen molar-refractivity contribution in [3.05, 3.63) is 69.7 Å². The lowest BCUT2D eigenvalue weighted by Crippen LogP contribution is -2.21. The molecule has 0 bridgehead atoms. The number of benzene rings is 2. The highest BCUT2D eigenvalue weighted by Gasteiger charge is 2.07. The second-order valence-electron chi connectivity index (χ2n) is 4.69. The van der Waals surface area contributed by atoms with Crippen LogP contribution in [0.15, 0.2) is 53.0 Å². The van der Waals surface area contributed by atoms with Crippen LogP contribution in [0.25, 0.3) is 0 Å². The van der Waals surface area contributed by atoms with Crippen LogP contribution in [-0.2, 0) is 6.54 Å². The van der Waals surface area contributed by atoms with Gasteiger partial charge in [0.25, 0.3) is 0 Å². The van der Waals surface area contributed by atoms with Crippen LogP contribution in [0.1, 0.15) is 22.8 Å². The molecule has 0 aliphatic carbocycles. The number of hydrogen-bond donors (Lipinski definition) is 2. The maximum absolute atomic E-state index is 10.1. The van der Waals surface area contributed by atoms with Crippen molar-refractivity contribution in [3.63, 3.8) is 0 Å². The Hall–Kier alpha value is -1.16. The van der Waals surface area contributed by atoms with Gasteiger partial charge in [-0.1, -0.05) is 57.9 Å². The molecule has 19 heavy (non-hydrogen) atoms. The summed E-state index contributed by atoms with van der Waals surface area (Å²) in [6.45, 7) is 3.40. The Labute approximate surface area is 122 Å². The molecule has 2 aromatic rings. The fourth-order valence-electron chi connectivity index (χ4n) is 2.01. The minimum absolute atomic E-state index is 0.484. The first-order valence-electron chi connectivity index (χ1n) is 6.35. The molecule has 0 aromatic heterocycles. The molecule has 0 aliphatic rings. The van der Waals surface area contributed by atoms with Gasteiger partial charge in [-0.3, -0.25) is 0 Å². The average molecular weight is 320 g/mol. The van der Waals surface area contributed by atoms with Crippen LogP contribution < -0.4 is 5.32 Å². The Morgan fingerprint density at radius 1 is 1.16 bits per heavy atom. The van der Waals surface area contributed by atoms with Crippen LogP contribution in [0.4, 0.5) is 0 Å². The Morgan fingerprint density at radius 3 is 2.68 bits per heavy atom. The topological polar surface area (TPSA) is 32.3 Å². The standard InChI is InChI=1S/C16H18BrNO/c1-12-4-2-5-13(8-12)10-18-11-16(19)14-6-3-7-15(17)9-14/h2-9,16,18-19H,10-11H2,1H3. The highest BCUT2D eigenvalue weighted by atomic mass is 79.9. The highest BCUT2D eigenvalue weighted by molar-refractivity contribution is 9.10. The summed E-state index contributed by atoms with van der Waals surface area (Å²) in [5, 5.41) is 13.4. The summed E-state index contributed by atoms with van der Waals surface area (Å²) < 4.78 is 0.989. The van der Waals surface area contributed by atoms with Gasteiger partial charge in [0.15, 0.2) is 0 Å². The first-order chi connectivity index (χ1) is 9.15. The Kier molecular flexibility index (Phi) is 5.14. The summed E-state index contributed by atoms with van der Waals surface area (Å²) in [6, 6.07) is 16.1.